The summed E-state index contributed by atoms with van der Waals surface area (Å²) in [6.45, 7) is 2.70. The van der Waals surface area contributed by atoms with Gasteiger partial charge in [-0.05, 0) is 30.7 Å². The third-order valence-corrected chi connectivity index (χ3v) is 4.41. The van der Waals surface area contributed by atoms with Crippen LogP contribution in [-0.2, 0) is 13.6 Å². The minimum atomic E-state index is -0.416. The SMILES string of the molecule is CCOc1ncccc1CNC(=O)NC(c1ccc(OC)cc1)c1nccn1C. The second kappa shape index (κ2) is 9.59. The zero-order valence-electron chi connectivity index (χ0n) is 16.8. The van der Waals surface area contributed by atoms with Gasteiger partial charge in [-0.2, -0.15) is 0 Å². The summed E-state index contributed by atoms with van der Waals surface area (Å²) >= 11 is 0. The van der Waals surface area contributed by atoms with Crippen molar-refractivity contribution < 1.29 is 14.3 Å². The highest BCUT2D eigenvalue weighted by Gasteiger charge is 2.21. The zero-order chi connectivity index (χ0) is 20.6. The van der Waals surface area contributed by atoms with Gasteiger partial charge >= 0.3 is 6.03 Å². The Hall–Kier alpha value is -3.55. The molecule has 0 aliphatic heterocycles. The number of urea groups is 1. The van der Waals surface area contributed by atoms with Gasteiger partial charge < -0.3 is 24.7 Å². The number of hydrogen-bond donors (Lipinski definition) is 2. The van der Waals surface area contributed by atoms with Crippen molar-refractivity contribution in [1.82, 2.24) is 25.2 Å². The van der Waals surface area contributed by atoms with Crippen molar-refractivity contribution in [1.29, 1.82) is 0 Å². The van der Waals surface area contributed by atoms with E-state index < -0.39 is 6.04 Å². The van der Waals surface area contributed by atoms with Crippen LogP contribution in [0.25, 0.3) is 0 Å². The highest BCUT2D eigenvalue weighted by atomic mass is 16.5. The summed E-state index contributed by atoms with van der Waals surface area (Å²) < 4.78 is 12.6. The fourth-order valence-corrected chi connectivity index (χ4v) is 2.93. The number of benzene rings is 1. The lowest BCUT2D eigenvalue weighted by atomic mass is 10.1. The highest BCUT2D eigenvalue weighted by Crippen LogP contribution is 2.23. The molecule has 3 aromatic rings. The van der Waals surface area contributed by atoms with E-state index in [0.717, 1.165) is 22.7 Å². The molecule has 1 unspecified atom stereocenters. The average Bonchev–Trinajstić information content (AvgIpc) is 3.17. The van der Waals surface area contributed by atoms with E-state index in [1.165, 1.54) is 0 Å². The van der Waals surface area contributed by atoms with Crippen LogP contribution in [0.4, 0.5) is 4.79 Å². The van der Waals surface area contributed by atoms with Crippen molar-refractivity contribution in [2.24, 2.45) is 7.05 Å². The number of aromatic nitrogens is 3. The number of aryl methyl sites for hydroxylation is 1. The number of rotatable bonds is 8. The minimum Gasteiger partial charge on any atom is -0.497 e. The molecule has 8 heteroatoms. The number of amides is 2. The maximum absolute atomic E-state index is 12.7. The Labute approximate surface area is 169 Å². The first kappa shape index (κ1) is 20.2. The quantitative estimate of drug-likeness (QED) is 0.612. The van der Waals surface area contributed by atoms with Crippen LogP contribution >= 0.6 is 0 Å². The highest BCUT2D eigenvalue weighted by molar-refractivity contribution is 5.75. The first-order valence-corrected chi connectivity index (χ1v) is 9.34. The third kappa shape index (κ3) is 5.04. The molecule has 0 bridgehead atoms. The molecule has 0 aliphatic rings. The Morgan fingerprint density at radius 1 is 1.17 bits per heavy atom. The Morgan fingerprint density at radius 2 is 1.97 bits per heavy atom. The standard InChI is InChI=1S/C21H25N5O3/c1-4-29-20-16(6-5-11-23-20)14-24-21(27)25-18(19-22-12-13-26(19)2)15-7-9-17(28-3)10-8-15/h5-13,18H,4,14H2,1-3H3,(H2,24,25,27). The summed E-state index contributed by atoms with van der Waals surface area (Å²) in [6.07, 6.45) is 5.21. The lowest BCUT2D eigenvalue weighted by Crippen LogP contribution is -2.39. The topological polar surface area (TPSA) is 90.3 Å². The van der Waals surface area contributed by atoms with E-state index in [1.807, 2.05) is 61.1 Å². The van der Waals surface area contributed by atoms with Gasteiger partial charge in [0.05, 0.1) is 13.7 Å². The molecule has 2 heterocycles. The number of methoxy groups -OCH3 is 1. The Bertz CT molecular complexity index is 939. The van der Waals surface area contributed by atoms with Gasteiger partial charge in [-0.25, -0.2) is 14.8 Å². The molecule has 0 saturated heterocycles. The van der Waals surface area contributed by atoms with E-state index in [-0.39, 0.29) is 6.03 Å². The Kier molecular flexibility index (Phi) is 6.67. The first-order chi connectivity index (χ1) is 14.1. The number of carbonyl (C=O) groups excluding carboxylic acids is 1. The van der Waals surface area contributed by atoms with Crippen molar-refractivity contribution in [3.05, 3.63) is 71.9 Å². The first-order valence-electron chi connectivity index (χ1n) is 9.34. The minimum absolute atomic E-state index is 0.297. The van der Waals surface area contributed by atoms with Crippen LogP contribution in [0.3, 0.4) is 0 Å². The van der Waals surface area contributed by atoms with E-state index >= 15 is 0 Å². The van der Waals surface area contributed by atoms with Gasteiger partial charge in [0.1, 0.15) is 17.6 Å². The molecule has 3 rings (SSSR count). The molecule has 0 fully saturated rings. The molecule has 2 aromatic heterocycles. The maximum Gasteiger partial charge on any atom is 0.315 e. The number of nitrogens with zero attached hydrogens (tertiary/aromatic N) is 3. The second-order valence-electron chi connectivity index (χ2n) is 6.33. The molecule has 2 amide bonds. The van der Waals surface area contributed by atoms with Crippen LogP contribution in [0.15, 0.2) is 55.0 Å². The van der Waals surface area contributed by atoms with Gasteiger partial charge in [-0.3, -0.25) is 0 Å². The maximum atomic E-state index is 12.7. The van der Waals surface area contributed by atoms with Gasteiger partial charge in [0, 0.05) is 37.7 Å². The number of hydrogen-bond acceptors (Lipinski definition) is 5. The van der Waals surface area contributed by atoms with Crippen molar-refractivity contribution in [3.8, 4) is 11.6 Å². The summed E-state index contributed by atoms with van der Waals surface area (Å²) in [6, 6.07) is 10.5. The Balaban J connectivity index is 1.74. The molecule has 0 aliphatic carbocycles. The molecule has 0 radical (unpaired) electrons. The van der Waals surface area contributed by atoms with E-state index in [2.05, 4.69) is 20.6 Å². The summed E-state index contributed by atoms with van der Waals surface area (Å²) in [5.41, 5.74) is 1.70. The molecule has 2 N–H and O–H groups in total. The summed E-state index contributed by atoms with van der Waals surface area (Å²) in [5.74, 6) is 1.99. The van der Waals surface area contributed by atoms with Crippen LogP contribution in [0.1, 0.15) is 29.9 Å². The summed E-state index contributed by atoms with van der Waals surface area (Å²) in [4.78, 5) is 21.3. The molecule has 1 atom stereocenters. The molecular formula is C21H25N5O3. The third-order valence-electron chi connectivity index (χ3n) is 4.41. The number of ether oxygens (including phenoxy) is 2. The fourth-order valence-electron chi connectivity index (χ4n) is 2.93. The smallest absolute Gasteiger partial charge is 0.315 e. The molecule has 0 saturated carbocycles. The van der Waals surface area contributed by atoms with Crippen LogP contribution < -0.4 is 20.1 Å². The van der Waals surface area contributed by atoms with Crippen LogP contribution in [0.5, 0.6) is 11.6 Å². The van der Waals surface area contributed by atoms with Crippen molar-refractivity contribution >= 4 is 6.03 Å². The van der Waals surface area contributed by atoms with Crippen molar-refractivity contribution in [2.45, 2.75) is 19.5 Å². The Morgan fingerprint density at radius 3 is 2.62 bits per heavy atom. The molecule has 152 valence electrons. The molecule has 8 nitrogen and oxygen atoms in total. The second-order valence-corrected chi connectivity index (χ2v) is 6.33. The van der Waals surface area contributed by atoms with E-state index in [0.29, 0.717) is 19.0 Å². The predicted molar refractivity (Wildman–Crippen MR) is 109 cm³/mol. The van der Waals surface area contributed by atoms with Gasteiger partial charge in [0.15, 0.2) is 0 Å². The summed E-state index contributed by atoms with van der Waals surface area (Å²) in [5, 5.41) is 5.87. The lowest BCUT2D eigenvalue weighted by molar-refractivity contribution is 0.237. The van der Waals surface area contributed by atoms with Gasteiger partial charge in [-0.1, -0.05) is 18.2 Å². The number of carbonyl (C=O) groups is 1. The van der Waals surface area contributed by atoms with Crippen molar-refractivity contribution in [3.63, 3.8) is 0 Å². The number of nitrogens with one attached hydrogen (secondary N) is 2. The fraction of sp³-hybridized carbons (Fsp3) is 0.286. The van der Waals surface area contributed by atoms with E-state index in [9.17, 15) is 4.79 Å². The van der Waals surface area contributed by atoms with E-state index in [4.69, 9.17) is 9.47 Å². The van der Waals surface area contributed by atoms with Crippen LogP contribution in [-0.4, -0.2) is 34.3 Å². The van der Waals surface area contributed by atoms with Crippen LogP contribution in [0, 0.1) is 0 Å². The number of pyridine rings is 1. The number of imidazole rings is 1. The molecule has 1 aromatic carbocycles. The normalized spacial score (nSPS) is 11.6. The average molecular weight is 395 g/mol. The van der Waals surface area contributed by atoms with Gasteiger partial charge in [0.25, 0.3) is 0 Å². The zero-order valence-corrected chi connectivity index (χ0v) is 16.8. The van der Waals surface area contributed by atoms with E-state index in [1.54, 1.807) is 19.5 Å². The predicted octanol–water partition coefficient (Wildman–Crippen LogP) is 2.81. The van der Waals surface area contributed by atoms with Crippen LogP contribution in [0.2, 0.25) is 0 Å². The largest absolute Gasteiger partial charge is 0.497 e. The monoisotopic (exact) mass is 395 g/mol. The summed E-state index contributed by atoms with van der Waals surface area (Å²) in [7, 11) is 3.51. The molecule has 0 spiro atoms. The van der Waals surface area contributed by atoms with Gasteiger partial charge in [-0.15, -0.1) is 0 Å². The molecule has 29 heavy (non-hydrogen) atoms. The van der Waals surface area contributed by atoms with Crippen molar-refractivity contribution in [2.75, 3.05) is 13.7 Å². The lowest BCUT2D eigenvalue weighted by Gasteiger charge is -2.20. The molecular weight excluding hydrogens is 370 g/mol. The van der Waals surface area contributed by atoms with Gasteiger partial charge in [0.2, 0.25) is 5.88 Å².